The Morgan fingerprint density at radius 2 is 2.30 bits per heavy atom. The molecule has 0 spiro atoms. The van der Waals surface area contributed by atoms with Crippen LogP contribution in [0.25, 0.3) is 0 Å². The highest BCUT2D eigenvalue weighted by atomic mass is 32.2. The van der Waals surface area contributed by atoms with Gasteiger partial charge in [-0.25, -0.2) is 0 Å². The number of nitrogens with two attached hydrogens (primary N) is 1. The Balaban J connectivity index is 3.71. The maximum Gasteiger partial charge on any atom is 0.137 e. The SMILES string of the molecule is CCSC(=S)N(C)C(C)N. The molecule has 0 amide bonds. The van der Waals surface area contributed by atoms with E-state index in [9.17, 15) is 0 Å². The van der Waals surface area contributed by atoms with E-state index in [1.807, 2.05) is 18.9 Å². The highest BCUT2D eigenvalue weighted by molar-refractivity contribution is 8.22. The van der Waals surface area contributed by atoms with Crippen molar-refractivity contribution in [2.45, 2.75) is 20.0 Å². The van der Waals surface area contributed by atoms with Gasteiger partial charge in [-0.15, -0.1) is 0 Å². The quantitative estimate of drug-likeness (QED) is 0.509. The van der Waals surface area contributed by atoms with E-state index < -0.39 is 0 Å². The van der Waals surface area contributed by atoms with Crippen LogP contribution in [0.15, 0.2) is 0 Å². The van der Waals surface area contributed by atoms with Gasteiger partial charge in [-0.05, 0) is 12.7 Å². The van der Waals surface area contributed by atoms with Crippen molar-refractivity contribution < 1.29 is 0 Å². The van der Waals surface area contributed by atoms with Crippen LogP contribution in [0.1, 0.15) is 13.8 Å². The summed E-state index contributed by atoms with van der Waals surface area (Å²) in [6.07, 6.45) is 0.0200. The molecule has 1 atom stereocenters. The summed E-state index contributed by atoms with van der Waals surface area (Å²) >= 11 is 6.71. The van der Waals surface area contributed by atoms with Crippen LogP contribution in [0.4, 0.5) is 0 Å². The number of hydrogen-bond acceptors (Lipinski definition) is 3. The zero-order valence-corrected chi connectivity index (χ0v) is 8.26. The molecule has 0 aliphatic carbocycles. The second-order valence-electron chi connectivity index (χ2n) is 2.05. The monoisotopic (exact) mass is 178 g/mol. The Kier molecular flexibility index (Phi) is 5.03. The zero-order valence-electron chi connectivity index (χ0n) is 6.63. The van der Waals surface area contributed by atoms with Gasteiger partial charge in [-0.3, -0.25) is 0 Å². The van der Waals surface area contributed by atoms with E-state index in [2.05, 4.69) is 6.92 Å². The molecule has 0 aromatic rings. The van der Waals surface area contributed by atoms with Crippen molar-refractivity contribution in [1.29, 1.82) is 0 Å². The van der Waals surface area contributed by atoms with E-state index in [0.29, 0.717) is 0 Å². The number of thioether (sulfide) groups is 1. The molecule has 0 rings (SSSR count). The molecule has 0 aliphatic heterocycles. The topological polar surface area (TPSA) is 29.3 Å². The first-order valence-electron chi connectivity index (χ1n) is 3.24. The molecule has 0 radical (unpaired) electrons. The third-order valence-electron chi connectivity index (χ3n) is 1.17. The summed E-state index contributed by atoms with van der Waals surface area (Å²) in [5.74, 6) is 1.01. The minimum Gasteiger partial charge on any atom is -0.346 e. The molecule has 0 fully saturated rings. The first-order chi connectivity index (χ1) is 4.59. The van der Waals surface area contributed by atoms with Crippen molar-refractivity contribution in [3.05, 3.63) is 0 Å². The Morgan fingerprint density at radius 3 is 2.60 bits per heavy atom. The molecule has 0 heterocycles. The van der Waals surface area contributed by atoms with Crippen molar-refractivity contribution in [2.75, 3.05) is 12.8 Å². The van der Waals surface area contributed by atoms with Gasteiger partial charge < -0.3 is 10.6 Å². The first-order valence-corrected chi connectivity index (χ1v) is 4.64. The largest absolute Gasteiger partial charge is 0.346 e. The fraction of sp³-hybridized carbons (Fsp3) is 0.833. The van der Waals surface area contributed by atoms with Crippen LogP contribution in [0.2, 0.25) is 0 Å². The molecule has 4 heteroatoms. The predicted octanol–water partition coefficient (Wildman–Crippen LogP) is 1.26. The lowest BCUT2D eigenvalue weighted by atomic mass is 10.6. The lowest BCUT2D eigenvalue weighted by Gasteiger charge is -2.22. The summed E-state index contributed by atoms with van der Waals surface area (Å²) < 4.78 is 0.873. The summed E-state index contributed by atoms with van der Waals surface area (Å²) in [6.45, 7) is 3.99. The number of nitrogens with zero attached hydrogens (tertiary/aromatic N) is 1. The molecule has 0 bridgehead atoms. The van der Waals surface area contributed by atoms with Crippen LogP contribution in [0, 0.1) is 0 Å². The molecule has 1 unspecified atom stereocenters. The van der Waals surface area contributed by atoms with Crippen LogP contribution in [0.3, 0.4) is 0 Å². The maximum absolute atomic E-state index is 5.59. The minimum absolute atomic E-state index is 0.0200. The number of thiocarbonyl (C=S) groups is 1. The van der Waals surface area contributed by atoms with E-state index in [-0.39, 0.29) is 6.17 Å². The maximum atomic E-state index is 5.59. The van der Waals surface area contributed by atoms with E-state index in [1.165, 1.54) is 0 Å². The van der Waals surface area contributed by atoms with Gasteiger partial charge in [0.05, 0.1) is 6.17 Å². The van der Waals surface area contributed by atoms with Gasteiger partial charge in [-0.2, -0.15) is 0 Å². The second-order valence-corrected chi connectivity index (χ2v) is 3.95. The fourth-order valence-electron chi connectivity index (χ4n) is 0.392. The van der Waals surface area contributed by atoms with E-state index >= 15 is 0 Å². The molecule has 0 saturated heterocycles. The lowest BCUT2D eigenvalue weighted by molar-refractivity contribution is 0.414. The van der Waals surface area contributed by atoms with Gasteiger partial charge in [0.2, 0.25) is 0 Å². The molecule has 0 aliphatic rings. The molecule has 2 N–H and O–H groups in total. The van der Waals surface area contributed by atoms with E-state index in [4.69, 9.17) is 18.0 Å². The predicted molar refractivity (Wildman–Crippen MR) is 52.1 cm³/mol. The lowest BCUT2D eigenvalue weighted by Crippen LogP contribution is -2.38. The summed E-state index contributed by atoms with van der Waals surface area (Å²) in [6, 6.07) is 0. The highest BCUT2D eigenvalue weighted by Crippen LogP contribution is 2.07. The van der Waals surface area contributed by atoms with Crippen LogP contribution < -0.4 is 5.73 Å². The van der Waals surface area contributed by atoms with E-state index in [1.54, 1.807) is 11.8 Å². The van der Waals surface area contributed by atoms with Crippen molar-refractivity contribution in [3.63, 3.8) is 0 Å². The summed E-state index contributed by atoms with van der Waals surface area (Å²) in [7, 11) is 1.91. The Bertz CT molecular complexity index is 114. The first kappa shape index (κ1) is 10.2. The van der Waals surface area contributed by atoms with Crippen molar-refractivity contribution >= 4 is 28.3 Å². The Hall–Kier alpha value is 0.200. The molecular weight excluding hydrogens is 164 g/mol. The third kappa shape index (κ3) is 3.39. The third-order valence-corrected chi connectivity index (χ3v) is 2.63. The number of rotatable bonds is 2. The Morgan fingerprint density at radius 1 is 1.80 bits per heavy atom. The Labute approximate surface area is 72.1 Å². The summed E-state index contributed by atoms with van der Waals surface area (Å²) in [4.78, 5) is 1.89. The summed E-state index contributed by atoms with van der Waals surface area (Å²) in [5, 5.41) is 0. The van der Waals surface area contributed by atoms with Gasteiger partial charge in [0, 0.05) is 7.05 Å². The van der Waals surface area contributed by atoms with Crippen molar-refractivity contribution in [3.8, 4) is 0 Å². The van der Waals surface area contributed by atoms with Gasteiger partial charge >= 0.3 is 0 Å². The van der Waals surface area contributed by atoms with Crippen LogP contribution in [0.5, 0.6) is 0 Å². The normalized spacial score (nSPS) is 12.8. The molecule has 2 nitrogen and oxygen atoms in total. The van der Waals surface area contributed by atoms with Gasteiger partial charge in [0.1, 0.15) is 4.32 Å². The molecule has 0 saturated carbocycles. The molecule has 60 valence electrons. The fourth-order valence-corrected chi connectivity index (χ4v) is 1.53. The van der Waals surface area contributed by atoms with E-state index in [0.717, 1.165) is 10.1 Å². The second kappa shape index (κ2) is 4.93. The van der Waals surface area contributed by atoms with Crippen LogP contribution in [-0.2, 0) is 0 Å². The minimum atomic E-state index is 0.0200. The molecule has 0 aromatic carbocycles. The van der Waals surface area contributed by atoms with Gasteiger partial charge in [0.25, 0.3) is 0 Å². The smallest absolute Gasteiger partial charge is 0.137 e. The summed E-state index contributed by atoms with van der Waals surface area (Å²) in [5.41, 5.74) is 5.59. The average molecular weight is 178 g/mol. The average Bonchev–Trinajstić information content (AvgIpc) is 1.87. The standard InChI is InChI=1S/C6H14N2S2/c1-4-10-6(9)8(3)5(2)7/h5H,4,7H2,1-3H3. The number of hydrogen-bond donors (Lipinski definition) is 1. The van der Waals surface area contributed by atoms with Crippen molar-refractivity contribution in [1.82, 2.24) is 4.90 Å². The van der Waals surface area contributed by atoms with Crippen LogP contribution in [-0.4, -0.2) is 28.2 Å². The van der Waals surface area contributed by atoms with Crippen LogP contribution >= 0.6 is 24.0 Å². The van der Waals surface area contributed by atoms with Gasteiger partial charge in [0.15, 0.2) is 0 Å². The molecular formula is C6H14N2S2. The van der Waals surface area contributed by atoms with Gasteiger partial charge in [-0.1, -0.05) is 30.9 Å². The highest BCUT2D eigenvalue weighted by Gasteiger charge is 2.06. The zero-order chi connectivity index (χ0) is 8.15. The molecule has 0 aromatic heterocycles. The molecule has 10 heavy (non-hydrogen) atoms. The van der Waals surface area contributed by atoms with Crippen molar-refractivity contribution in [2.24, 2.45) is 5.73 Å².